The van der Waals surface area contributed by atoms with Gasteiger partial charge in [-0.2, -0.15) is 0 Å². The van der Waals surface area contributed by atoms with Crippen LogP contribution in [-0.2, 0) is 20.5 Å². The fourth-order valence-corrected chi connectivity index (χ4v) is 5.35. The average molecular weight is 513 g/mol. The van der Waals surface area contributed by atoms with Gasteiger partial charge < -0.3 is 19.7 Å². The van der Waals surface area contributed by atoms with E-state index in [1.807, 2.05) is 18.2 Å². The highest BCUT2D eigenvalue weighted by Crippen LogP contribution is 2.35. The Hall–Kier alpha value is -2.98. The van der Waals surface area contributed by atoms with E-state index in [0.717, 1.165) is 35.7 Å². The van der Waals surface area contributed by atoms with Gasteiger partial charge in [-0.15, -0.1) is 0 Å². The van der Waals surface area contributed by atoms with Crippen LogP contribution in [0.15, 0.2) is 60.8 Å². The van der Waals surface area contributed by atoms with Crippen LogP contribution in [0, 0.1) is 0 Å². The maximum Gasteiger partial charge on any atom is 0.255 e. The van der Waals surface area contributed by atoms with E-state index in [9.17, 15) is 9.00 Å². The molecule has 1 N–H and O–H groups in total. The van der Waals surface area contributed by atoms with Gasteiger partial charge in [-0.25, -0.2) is 4.21 Å². The first-order valence-electron chi connectivity index (χ1n) is 11.3. The number of pyridine rings is 1. The molecule has 0 aliphatic carbocycles. The minimum absolute atomic E-state index is 0.185. The van der Waals surface area contributed by atoms with E-state index in [-0.39, 0.29) is 11.8 Å². The summed E-state index contributed by atoms with van der Waals surface area (Å²) >= 11 is 6.56. The lowest BCUT2D eigenvalue weighted by Gasteiger charge is -2.30. The number of amides is 1. The van der Waals surface area contributed by atoms with E-state index in [0.29, 0.717) is 42.6 Å². The molecular weight excluding hydrogens is 488 g/mol. The van der Waals surface area contributed by atoms with Gasteiger partial charge in [0, 0.05) is 41.8 Å². The first kappa shape index (κ1) is 23.7. The van der Waals surface area contributed by atoms with Gasteiger partial charge in [-0.05, 0) is 54.6 Å². The molecule has 3 aromatic rings. The number of ether oxygens (including phenoxy) is 2. The zero-order chi connectivity index (χ0) is 24.2. The van der Waals surface area contributed by atoms with Crippen LogP contribution >= 0.6 is 11.6 Å². The van der Waals surface area contributed by atoms with Crippen LogP contribution < -0.4 is 14.5 Å². The zero-order valence-electron chi connectivity index (χ0n) is 19.0. The lowest BCUT2D eigenvalue weighted by atomic mass is 10.1. The number of anilines is 3. The summed E-state index contributed by atoms with van der Waals surface area (Å²) in [4.78, 5) is 19.8. The number of hydrogen-bond donors (Lipinski definition) is 1. The Bertz CT molecular complexity index is 1230. The molecule has 182 valence electrons. The standard InChI is InChI=1S/C25H25ClN4O4S/c26-22-8-5-19(16-21(22)24-23(2-1-9-27-24)29-10-13-33-14-11-29)28-25(31)18-3-6-20(7-4-18)30-12-15-34-17-35(30)32/h1-9,16H,10-15,17H2,(H,28,31). The summed E-state index contributed by atoms with van der Waals surface area (Å²) < 4.78 is 24.6. The first-order chi connectivity index (χ1) is 17.1. The third-order valence-electron chi connectivity index (χ3n) is 5.90. The Morgan fingerprint density at radius 3 is 2.54 bits per heavy atom. The highest BCUT2D eigenvalue weighted by atomic mass is 35.5. The SMILES string of the molecule is O=C(Nc1ccc(Cl)c(-c2ncccc2N2CCOCC2)c1)c1ccc(N2CCOCS2=O)cc1. The van der Waals surface area contributed by atoms with Crippen molar-refractivity contribution in [1.29, 1.82) is 0 Å². The normalized spacial score (nSPS) is 18.4. The van der Waals surface area contributed by atoms with Gasteiger partial charge in [0.2, 0.25) is 0 Å². The molecule has 8 nitrogen and oxygen atoms in total. The van der Waals surface area contributed by atoms with Crippen molar-refractivity contribution in [1.82, 2.24) is 4.98 Å². The molecule has 1 aromatic heterocycles. The van der Waals surface area contributed by atoms with E-state index in [1.165, 1.54) is 0 Å². The Morgan fingerprint density at radius 1 is 1.00 bits per heavy atom. The molecule has 0 radical (unpaired) electrons. The second-order valence-corrected chi connectivity index (χ2v) is 9.84. The van der Waals surface area contributed by atoms with E-state index < -0.39 is 11.0 Å². The van der Waals surface area contributed by atoms with Crippen molar-refractivity contribution in [2.45, 2.75) is 0 Å². The minimum Gasteiger partial charge on any atom is -0.378 e. The van der Waals surface area contributed by atoms with Crippen molar-refractivity contribution in [3.8, 4) is 11.3 Å². The van der Waals surface area contributed by atoms with Crippen LogP contribution in [0.2, 0.25) is 5.02 Å². The molecule has 1 unspecified atom stereocenters. The highest BCUT2D eigenvalue weighted by molar-refractivity contribution is 7.86. The molecule has 0 saturated carbocycles. The summed E-state index contributed by atoms with van der Waals surface area (Å²) in [6, 6.07) is 16.4. The Morgan fingerprint density at radius 2 is 1.77 bits per heavy atom. The molecule has 5 rings (SSSR count). The van der Waals surface area contributed by atoms with E-state index >= 15 is 0 Å². The predicted molar refractivity (Wildman–Crippen MR) is 138 cm³/mol. The second kappa shape index (κ2) is 10.7. The number of rotatable bonds is 5. The topological polar surface area (TPSA) is 84.0 Å². The van der Waals surface area contributed by atoms with Crippen LogP contribution in [0.25, 0.3) is 11.3 Å². The average Bonchev–Trinajstić information content (AvgIpc) is 2.91. The molecule has 2 aliphatic heterocycles. The monoisotopic (exact) mass is 512 g/mol. The largest absolute Gasteiger partial charge is 0.378 e. The number of benzene rings is 2. The number of nitrogens with one attached hydrogen (secondary N) is 1. The lowest BCUT2D eigenvalue weighted by molar-refractivity contribution is 0.102. The van der Waals surface area contributed by atoms with E-state index in [2.05, 4.69) is 15.2 Å². The number of hydrogen-bond acceptors (Lipinski definition) is 6. The number of carbonyl (C=O) groups is 1. The van der Waals surface area contributed by atoms with Gasteiger partial charge in [0.15, 0.2) is 0 Å². The van der Waals surface area contributed by atoms with Crippen molar-refractivity contribution in [3.63, 3.8) is 0 Å². The Balaban J connectivity index is 1.35. The van der Waals surface area contributed by atoms with Crippen molar-refractivity contribution < 1.29 is 18.5 Å². The quantitative estimate of drug-likeness (QED) is 0.557. The van der Waals surface area contributed by atoms with Gasteiger partial charge in [0.25, 0.3) is 5.91 Å². The van der Waals surface area contributed by atoms with Crippen LogP contribution in [0.3, 0.4) is 0 Å². The summed E-state index contributed by atoms with van der Waals surface area (Å²) in [5.74, 6) is -0.0626. The molecule has 0 spiro atoms. The molecule has 1 amide bonds. The highest BCUT2D eigenvalue weighted by Gasteiger charge is 2.20. The number of carbonyl (C=O) groups excluding carboxylic acids is 1. The van der Waals surface area contributed by atoms with Gasteiger partial charge in [0.05, 0.1) is 42.8 Å². The molecule has 2 aliphatic rings. The van der Waals surface area contributed by atoms with Gasteiger partial charge in [0.1, 0.15) is 16.9 Å². The van der Waals surface area contributed by atoms with Crippen molar-refractivity contribution in [3.05, 3.63) is 71.4 Å². The van der Waals surface area contributed by atoms with Gasteiger partial charge in [-0.3, -0.25) is 14.1 Å². The molecule has 3 heterocycles. The fraction of sp³-hybridized carbons (Fsp3) is 0.280. The summed E-state index contributed by atoms with van der Waals surface area (Å²) in [6.07, 6.45) is 1.74. The minimum atomic E-state index is -1.22. The first-order valence-corrected chi connectivity index (χ1v) is 13.0. The van der Waals surface area contributed by atoms with Crippen molar-refractivity contribution in [2.24, 2.45) is 0 Å². The molecule has 2 saturated heterocycles. The maximum atomic E-state index is 12.9. The molecule has 2 aromatic carbocycles. The summed E-state index contributed by atoms with van der Waals surface area (Å²) in [7, 11) is -1.22. The smallest absolute Gasteiger partial charge is 0.255 e. The van der Waals surface area contributed by atoms with Crippen molar-refractivity contribution >= 4 is 45.6 Å². The third kappa shape index (κ3) is 5.33. The Labute approximate surface area is 211 Å². The van der Waals surface area contributed by atoms with E-state index in [4.69, 9.17) is 21.1 Å². The number of morpholine rings is 1. The molecule has 1 atom stereocenters. The Kier molecular flexibility index (Phi) is 7.29. The second-order valence-electron chi connectivity index (χ2n) is 8.12. The van der Waals surface area contributed by atoms with Crippen LogP contribution in [-0.4, -0.2) is 60.5 Å². The van der Waals surface area contributed by atoms with E-state index in [1.54, 1.807) is 46.9 Å². The summed E-state index contributed by atoms with van der Waals surface area (Å²) in [5.41, 5.74) is 4.40. The molecule has 2 fully saturated rings. The molecule has 35 heavy (non-hydrogen) atoms. The number of aromatic nitrogens is 1. The number of halogens is 1. The van der Waals surface area contributed by atoms with Crippen molar-refractivity contribution in [2.75, 3.05) is 59.9 Å². The van der Waals surface area contributed by atoms with Crippen LogP contribution in [0.1, 0.15) is 10.4 Å². The predicted octanol–water partition coefficient (Wildman–Crippen LogP) is 3.95. The van der Waals surface area contributed by atoms with Gasteiger partial charge in [-0.1, -0.05) is 11.6 Å². The lowest BCUT2D eigenvalue weighted by Crippen LogP contribution is -2.36. The summed E-state index contributed by atoms with van der Waals surface area (Å²) in [5, 5.41) is 3.50. The zero-order valence-corrected chi connectivity index (χ0v) is 20.6. The molecular formula is C25H25ClN4O4S. The van der Waals surface area contributed by atoms with Gasteiger partial charge >= 0.3 is 0 Å². The number of nitrogens with zero attached hydrogens (tertiary/aromatic N) is 3. The fourth-order valence-electron chi connectivity index (χ4n) is 4.12. The molecule has 10 heteroatoms. The molecule has 0 bridgehead atoms. The third-order valence-corrected chi connectivity index (χ3v) is 7.49. The summed E-state index contributed by atoms with van der Waals surface area (Å²) in [6.45, 7) is 3.96. The maximum absolute atomic E-state index is 12.9. The van der Waals surface area contributed by atoms with Crippen LogP contribution in [0.5, 0.6) is 0 Å². The van der Waals surface area contributed by atoms with Crippen LogP contribution in [0.4, 0.5) is 17.1 Å².